The van der Waals surface area contributed by atoms with Gasteiger partial charge in [0.15, 0.2) is 11.5 Å². The Kier molecular flexibility index (Phi) is 6.51. The highest BCUT2D eigenvalue weighted by molar-refractivity contribution is 5.94. The maximum atomic E-state index is 13.3. The number of carbonyl (C=O) groups excluding carboxylic acids is 2. The molecule has 2 aliphatic carbocycles. The zero-order chi connectivity index (χ0) is 24.5. The van der Waals surface area contributed by atoms with Crippen LogP contribution >= 0.6 is 0 Å². The highest BCUT2D eigenvalue weighted by Gasteiger charge is 2.51. The molecule has 1 fully saturated rings. The zero-order valence-corrected chi connectivity index (χ0v) is 20.2. The Hall–Kier alpha value is -3.54. The number of carbonyl (C=O) groups is 2. The molecule has 0 aromatic heterocycles. The first kappa shape index (κ1) is 23.6. The van der Waals surface area contributed by atoms with Crippen molar-refractivity contribution in [3.05, 3.63) is 76.9 Å². The number of hydrogen-bond acceptors (Lipinski definition) is 4. The molecule has 0 saturated heterocycles. The van der Waals surface area contributed by atoms with Gasteiger partial charge in [0.1, 0.15) is 0 Å². The lowest BCUT2D eigenvalue weighted by molar-refractivity contribution is -0.124. The number of nitrogens with zero attached hydrogens (tertiary/aromatic N) is 1. The van der Waals surface area contributed by atoms with Crippen molar-refractivity contribution in [1.29, 1.82) is 0 Å². The molecular formula is C28H32N2O4. The molecule has 178 valence electrons. The van der Waals surface area contributed by atoms with Crippen molar-refractivity contribution in [3.63, 3.8) is 0 Å². The minimum Gasteiger partial charge on any atom is -0.504 e. The number of methoxy groups -OCH3 is 1. The minimum atomic E-state index is -0.571. The van der Waals surface area contributed by atoms with Crippen molar-refractivity contribution in [2.24, 2.45) is 0 Å². The van der Waals surface area contributed by atoms with E-state index >= 15 is 0 Å². The van der Waals surface area contributed by atoms with Gasteiger partial charge in [0, 0.05) is 19.2 Å². The molecule has 2 aromatic rings. The molecule has 34 heavy (non-hydrogen) atoms. The van der Waals surface area contributed by atoms with E-state index in [0.29, 0.717) is 24.3 Å². The molecule has 6 heteroatoms. The lowest BCUT2D eigenvalue weighted by Crippen LogP contribution is -2.41. The predicted molar refractivity (Wildman–Crippen MR) is 133 cm³/mol. The molecule has 0 heterocycles. The van der Waals surface area contributed by atoms with Gasteiger partial charge in [-0.25, -0.2) is 0 Å². The lowest BCUT2D eigenvalue weighted by Gasteiger charge is -2.25. The fourth-order valence-electron chi connectivity index (χ4n) is 4.49. The van der Waals surface area contributed by atoms with Crippen LogP contribution in [0, 0.1) is 0 Å². The number of allylic oxidation sites excluding steroid dienone is 2. The number of phenols is 1. The van der Waals surface area contributed by atoms with Crippen LogP contribution in [0.15, 0.2) is 60.2 Å². The van der Waals surface area contributed by atoms with Crippen molar-refractivity contribution in [2.75, 3.05) is 20.7 Å². The SMILES string of the molecule is CCN(C)C(=O)c1ccc(C2=C(C)C=CC(NC(=O)C3(c4ccc(O)c(OC)c4)CC3)C2)cc1. The van der Waals surface area contributed by atoms with E-state index < -0.39 is 5.41 Å². The van der Waals surface area contributed by atoms with E-state index in [4.69, 9.17) is 4.74 Å². The van der Waals surface area contributed by atoms with E-state index in [0.717, 1.165) is 35.1 Å². The van der Waals surface area contributed by atoms with Crippen LogP contribution in [0.1, 0.15) is 54.6 Å². The quantitative estimate of drug-likeness (QED) is 0.640. The van der Waals surface area contributed by atoms with Gasteiger partial charge in [-0.2, -0.15) is 0 Å². The van der Waals surface area contributed by atoms with E-state index in [2.05, 4.69) is 18.3 Å². The summed E-state index contributed by atoms with van der Waals surface area (Å²) >= 11 is 0. The first-order valence-electron chi connectivity index (χ1n) is 11.7. The smallest absolute Gasteiger partial charge is 0.253 e. The number of benzene rings is 2. The molecule has 4 rings (SSSR count). The molecule has 1 atom stereocenters. The standard InChI is InChI=1S/C28H32N2O4/c1-5-30(3)26(32)20-9-7-19(8-10-20)23-17-22(12-6-18(23)2)29-27(33)28(14-15-28)21-11-13-24(31)25(16-21)34-4/h6-13,16,22,31H,5,14-15,17H2,1-4H3,(H,29,33). The van der Waals surface area contributed by atoms with Gasteiger partial charge in [-0.15, -0.1) is 0 Å². The van der Waals surface area contributed by atoms with Gasteiger partial charge >= 0.3 is 0 Å². The average molecular weight is 461 g/mol. The summed E-state index contributed by atoms with van der Waals surface area (Å²) in [5, 5.41) is 13.1. The molecule has 0 bridgehead atoms. The van der Waals surface area contributed by atoms with Crippen molar-refractivity contribution in [3.8, 4) is 11.5 Å². The van der Waals surface area contributed by atoms with Crippen LogP contribution in [-0.2, 0) is 10.2 Å². The summed E-state index contributed by atoms with van der Waals surface area (Å²) < 4.78 is 5.23. The Morgan fingerprint density at radius 2 is 1.88 bits per heavy atom. The van der Waals surface area contributed by atoms with Crippen molar-refractivity contribution < 1.29 is 19.4 Å². The van der Waals surface area contributed by atoms with Crippen molar-refractivity contribution >= 4 is 17.4 Å². The Balaban J connectivity index is 1.47. The van der Waals surface area contributed by atoms with Crippen LogP contribution in [0.4, 0.5) is 0 Å². The molecule has 0 radical (unpaired) electrons. The van der Waals surface area contributed by atoms with Gasteiger partial charge in [0.2, 0.25) is 5.91 Å². The minimum absolute atomic E-state index is 0.00246. The monoisotopic (exact) mass is 460 g/mol. The van der Waals surface area contributed by atoms with Crippen LogP contribution in [0.25, 0.3) is 5.57 Å². The highest BCUT2D eigenvalue weighted by atomic mass is 16.5. The fraction of sp³-hybridized carbons (Fsp3) is 0.357. The number of phenolic OH excluding ortho intramolecular Hbond substituents is 1. The van der Waals surface area contributed by atoms with Crippen LogP contribution in [0.2, 0.25) is 0 Å². The first-order chi connectivity index (χ1) is 16.3. The number of hydrogen-bond donors (Lipinski definition) is 2. The third-order valence-corrected chi connectivity index (χ3v) is 7.01. The molecular weight excluding hydrogens is 428 g/mol. The Bertz CT molecular complexity index is 1160. The predicted octanol–water partition coefficient (Wildman–Crippen LogP) is 4.44. The second kappa shape index (κ2) is 9.37. The van der Waals surface area contributed by atoms with E-state index in [1.807, 2.05) is 37.3 Å². The second-order valence-electron chi connectivity index (χ2n) is 9.17. The van der Waals surface area contributed by atoms with Crippen LogP contribution in [0.5, 0.6) is 11.5 Å². The number of amides is 2. The molecule has 2 aliphatic rings. The van der Waals surface area contributed by atoms with Crippen LogP contribution in [0.3, 0.4) is 0 Å². The number of ether oxygens (including phenoxy) is 1. The van der Waals surface area contributed by atoms with E-state index in [-0.39, 0.29) is 23.6 Å². The lowest BCUT2D eigenvalue weighted by atomic mass is 9.88. The molecule has 2 amide bonds. The molecule has 6 nitrogen and oxygen atoms in total. The molecule has 0 aliphatic heterocycles. The Morgan fingerprint density at radius 3 is 2.50 bits per heavy atom. The molecule has 2 aromatic carbocycles. The van der Waals surface area contributed by atoms with Crippen LogP contribution < -0.4 is 10.1 Å². The normalized spacial score (nSPS) is 18.4. The maximum Gasteiger partial charge on any atom is 0.253 e. The maximum absolute atomic E-state index is 13.3. The first-order valence-corrected chi connectivity index (χ1v) is 11.7. The molecule has 2 N–H and O–H groups in total. The second-order valence-corrected chi connectivity index (χ2v) is 9.17. The van der Waals surface area contributed by atoms with Gasteiger partial charge in [-0.1, -0.05) is 30.4 Å². The summed E-state index contributed by atoms with van der Waals surface area (Å²) in [6.07, 6.45) is 6.32. The zero-order valence-electron chi connectivity index (χ0n) is 20.2. The highest BCUT2D eigenvalue weighted by Crippen LogP contribution is 2.50. The number of nitrogens with one attached hydrogen (secondary N) is 1. The molecule has 1 unspecified atom stereocenters. The van der Waals surface area contributed by atoms with Gasteiger partial charge < -0.3 is 20.1 Å². The molecule has 0 spiro atoms. The Labute approximate surface area is 200 Å². The van der Waals surface area contributed by atoms with Gasteiger partial charge in [-0.3, -0.25) is 9.59 Å². The van der Waals surface area contributed by atoms with Gasteiger partial charge in [-0.05, 0) is 79.6 Å². The topological polar surface area (TPSA) is 78.9 Å². The third kappa shape index (κ3) is 4.45. The summed E-state index contributed by atoms with van der Waals surface area (Å²) in [5.41, 5.74) is 4.33. The third-order valence-electron chi connectivity index (χ3n) is 7.01. The summed E-state index contributed by atoms with van der Waals surface area (Å²) in [4.78, 5) is 27.4. The van der Waals surface area contributed by atoms with E-state index in [1.54, 1.807) is 30.1 Å². The molecule has 1 saturated carbocycles. The van der Waals surface area contributed by atoms with Crippen LogP contribution in [-0.4, -0.2) is 48.6 Å². The van der Waals surface area contributed by atoms with E-state index in [9.17, 15) is 14.7 Å². The van der Waals surface area contributed by atoms with Gasteiger partial charge in [0.25, 0.3) is 5.91 Å². The van der Waals surface area contributed by atoms with Crippen molar-refractivity contribution in [1.82, 2.24) is 10.2 Å². The summed E-state index contributed by atoms with van der Waals surface area (Å²) in [5.74, 6) is 0.449. The Morgan fingerprint density at radius 1 is 1.18 bits per heavy atom. The summed E-state index contributed by atoms with van der Waals surface area (Å²) in [7, 11) is 3.30. The average Bonchev–Trinajstić information content (AvgIpc) is 3.67. The number of aromatic hydroxyl groups is 1. The number of rotatable bonds is 7. The summed E-state index contributed by atoms with van der Waals surface area (Å²) in [6.45, 7) is 4.68. The fourth-order valence-corrected chi connectivity index (χ4v) is 4.49. The van der Waals surface area contributed by atoms with Crippen molar-refractivity contribution in [2.45, 2.75) is 44.6 Å². The summed E-state index contributed by atoms with van der Waals surface area (Å²) in [6, 6.07) is 12.7. The largest absolute Gasteiger partial charge is 0.504 e. The van der Waals surface area contributed by atoms with E-state index in [1.165, 1.54) is 7.11 Å². The van der Waals surface area contributed by atoms with Gasteiger partial charge in [0.05, 0.1) is 18.6 Å².